The largest absolute Gasteiger partial charge is 0.485 e. The highest BCUT2D eigenvalue weighted by atomic mass is 16.5. The molecule has 4 rings (SSSR count). The summed E-state index contributed by atoms with van der Waals surface area (Å²) in [7, 11) is 1.86. The van der Waals surface area contributed by atoms with Crippen molar-refractivity contribution in [3.8, 4) is 5.75 Å². The van der Waals surface area contributed by atoms with Crippen molar-refractivity contribution in [3.63, 3.8) is 0 Å². The molecule has 2 aromatic heterocycles. The van der Waals surface area contributed by atoms with Crippen LogP contribution in [-0.2, 0) is 13.6 Å². The third kappa shape index (κ3) is 4.12. The Kier molecular flexibility index (Phi) is 4.33. The first kappa shape index (κ1) is 16.0. The van der Waals surface area contributed by atoms with Gasteiger partial charge in [-0.25, -0.2) is 4.79 Å². The summed E-state index contributed by atoms with van der Waals surface area (Å²) >= 11 is 0. The fraction of sp³-hybridized carbons (Fsp3) is 0.588. The lowest BCUT2D eigenvalue weighted by Gasteiger charge is -2.21. The second-order valence-corrected chi connectivity index (χ2v) is 7.04. The van der Waals surface area contributed by atoms with Gasteiger partial charge in [0.25, 0.3) is 0 Å². The summed E-state index contributed by atoms with van der Waals surface area (Å²) in [6.07, 6.45) is 12.5. The summed E-state index contributed by atoms with van der Waals surface area (Å²) in [6, 6.07) is -0.209. The van der Waals surface area contributed by atoms with Gasteiger partial charge in [-0.15, -0.1) is 0 Å². The van der Waals surface area contributed by atoms with Crippen molar-refractivity contribution in [1.29, 1.82) is 0 Å². The summed E-state index contributed by atoms with van der Waals surface area (Å²) < 4.78 is 9.58. The minimum absolute atomic E-state index is 0.00159. The highest BCUT2D eigenvalue weighted by Gasteiger charge is 2.30. The van der Waals surface area contributed by atoms with Crippen LogP contribution in [0.3, 0.4) is 0 Å². The molecule has 2 heterocycles. The molecule has 8 nitrogen and oxygen atoms in total. The van der Waals surface area contributed by atoms with Crippen molar-refractivity contribution >= 4 is 11.7 Å². The number of aryl methyl sites for hydroxylation is 1. The van der Waals surface area contributed by atoms with Crippen molar-refractivity contribution in [2.45, 2.75) is 50.8 Å². The summed E-state index contributed by atoms with van der Waals surface area (Å²) in [6.45, 7) is 0.937. The van der Waals surface area contributed by atoms with Crippen LogP contribution in [0.15, 0.2) is 24.8 Å². The molecular formula is C17H24N6O2. The molecule has 134 valence electrons. The van der Waals surface area contributed by atoms with Crippen LogP contribution in [0.5, 0.6) is 5.75 Å². The smallest absolute Gasteiger partial charge is 0.319 e. The summed E-state index contributed by atoms with van der Waals surface area (Å²) in [4.78, 5) is 12.3. The molecule has 0 aliphatic heterocycles. The van der Waals surface area contributed by atoms with Crippen molar-refractivity contribution < 1.29 is 9.53 Å². The maximum Gasteiger partial charge on any atom is 0.319 e. The Labute approximate surface area is 146 Å². The van der Waals surface area contributed by atoms with E-state index in [2.05, 4.69) is 20.8 Å². The Bertz CT molecular complexity index is 735. The third-order valence-electron chi connectivity index (χ3n) is 4.77. The molecule has 8 heteroatoms. The molecular weight excluding hydrogens is 320 g/mol. The van der Waals surface area contributed by atoms with E-state index < -0.39 is 0 Å². The molecule has 2 N–H and O–H groups in total. The van der Waals surface area contributed by atoms with Gasteiger partial charge in [0.2, 0.25) is 0 Å². The van der Waals surface area contributed by atoms with Gasteiger partial charge in [-0.3, -0.25) is 9.36 Å². The van der Waals surface area contributed by atoms with Crippen LogP contribution in [0.4, 0.5) is 10.5 Å². The SMILES string of the molecule is Cn1cc(O[C@@H]2CCC[C@@H]2NC(=O)Nc2cnn(CC3CC3)c2)cn1. The average Bonchev–Trinajstić information content (AvgIpc) is 2.92. The van der Waals surface area contributed by atoms with Crippen LogP contribution in [-0.4, -0.2) is 37.7 Å². The van der Waals surface area contributed by atoms with E-state index in [1.165, 1.54) is 12.8 Å². The van der Waals surface area contributed by atoms with Gasteiger partial charge in [0.15, 0.2) is 5.75 Å². The van der Waals surface area contributed by atoms with Crippen molar-refractivity contribution in [1.82, 2.24) is 24.9 Å². The van der Waals surface area contributed by atoms with Gasteiger partial charge in [-0.2, -0.15) is 10.2 Å². The van der Waals surface area contributed by atoms with E-state index in [1.807, 2.05) is 24.1 Å². The minimum atomic E-state index is -0.211. The highest BCUT2D eigenvalue weighted by Crippen LogP contribution is 2.30. The Morgan fingerprint density at radius 3 is 2.88 bits per heavy atom. The monoisotopic (exact) mass is 344 g/mol. The molecule has 2 fully saturated rings. The normalized spacial score (nSPS) is 22.8. The molecule has 0 spiro atoms. The number of hydrogen-bond acceptors (Lipinski definition) is 4. The van der Waals surface area contributed by atoms with Gasteiger partial charge in [-0.1, -0.05) is 0 Å². The number of hydrogen-bond donors (Lipinski definition) is 2. The topological polar surface area (TPSA) is 86.0 Å². The molecule has 2 aliphatic rings. The number of nitrogens with one attached hydrogen (secondary N) is 2. The molecule has 0 bridgehead atoms. The summed E-state index contributed by atoms with van der Waals surface area (Å²) in [5.74, 6) is 1.49. The fourth-order valence-electron chi connectivity index (χ4n) is 3.30. The molecule has 2 saturated carbocycles. The van der Waals surface area contributed by atoms with E-state index in [1.54, 1.807) is 17.1 Å². The average molecular weight is 344 g/mol. The van der Waals surface area contributed by atoms with Crippen molar-refractivity contribution in [2.75, 3.05) is 5.32 Å². The van der Waals surface area contributed by atoms with Crippen LogP contribution in [0.2, 0.25) is 0 Å². The molecule has 0 saturated heterocycles. The Hall–Kier alpha value is -2.51. The Balaban J connectivity index is 1.29. The number of aromatic nitrogens is 4. The number of amides is 2. The van der Waals surface area contributed by atoms with E-state index >= 15 is 0 Å². The molecule has 0 unspecified atom stereocenters. The first-order valence-electron chi connectivity index (χ1n) is 8.91. The van der Waals surface area contributed by atoms with Gasteiger partial charge < -0.3 is 15.4 Å². The zero-order chi connectivity index (χ0) is 17.2. The lowest BCUT2D eigenvalue weighted by Crippen LogP contribution is -2.44. The van der Waals surface area contributed by atoms with Gasteiger partial charge >= 0.3 is 6.03 Å². The van der Waals surface area contributed by atoms with E-state index in [-0.39, 0.29) is 18.2 Å². The molecule has 2 atom stereocenters. The Morgan fingerprint density at radius 1 is 1.24 bits per heavy atom. The van der Waals surface area contributed by atoms with Crippen molar-refractivity contribution in [2.24, 2.45) is 13.0 Å². The predicted octanol–water partition coefficient (Wildman–Crippen LogP) is 2.15. The van der Waals surface area contributed by atoms with Crippen LogP contribution >= 0.6 is 0 Å². The molecule has 2 aromatic rings. The first-order valence-corrected chi connectivity index (χ1v) is 8.91. The first-order chi connectivity index (χ1) is 12.2. The molecule has 2 amide bonds. The number of urea groups is 1. The lowest BCUT2D eigenvalue weighted by molar-refractivity contribution is 0.175. The maximum absolute atomic E-state index is 12.3. The number of anilines is 1. The molecule has 2 aliphatic carbocycles. The number of carbonyl (C=O) groups excluding carboxylic acids is 1. The zero-order valence-electron chi connectivity index (χ0n) is 14.4. The second kappa shape index (κ2) is 6.78. The van der Waals surface area contributed by atoms with E-state index in [9.17, 15) is 4.79 Å². The quantitative estimate of drug-likeness (QED) is 0.841. The molecule has 0 aromatic carbocycles. The van der Waals surface area contributed by atoms with Gasteiger partial charge in [-0.05, 0) is 38.0 Å². The lowest BCUT2D eigenvalue weighted by atomic mass is 10.2. The highest BCUT2D eigenvalue weighted by molar-refractivity contribution is 5.89. The maximum atomic E-state index is 12.3. The second-order valence-electron chi connectivity index (χ2n) is 7.04. The van der Waals surface area contributed by atoms with Crippen LogP contribution in [0.25, 0.3) is 0 Å². The van der Waals surface area contributed by atoms with E-state index in [0.29, 0.717) is 0 Å². The van der Waals surface area contributed by atoms with Crippen molar-refractivity contribution in [3.05, 3.63) is 24.8 Å². The number of rotatable bonds is 6. The summed E-state index contributed by atoms with van der Waals surface area (Å²) in [5, 5.41) is 14.3. The van der Waals surface area contributed by atoms with E-state index in [0.717, 1.165) is 43.2 Å². The minimum Gasteiger partial charge on any atom is -0.485 e. The molecule has 0 radical (unpaired) electrons. The van der Waals surface area contributed by atoms with E-state index in [4.69, 9.17) is 4.74 Å². The third-order valence-corrected chi connectivity index (χ3v) is 4.77. The van der Waals surface area contributed by atoms with Crippen LogP contribution in [0, 0.1) is 5.92 Å². The number of carbonyl (C=O) groups is 1. The van der Waals surface area contributed by atoms with Gasteiger partial charge in [0.05, 0.1) is 30.3 Å². The standard InChI is InChI=1S/C17H24N6O2/c1-22-11-14(8-18-22)25-16-4-2-3-15(16)21-17(24)20-13-7-19-23(10-13)9-12-5-6-12/h7-8,10-12,15-16H,2-6,9H2,1H3,(H2,20,21,24)/t15-,16+/m0/s1. The van der Waals surface area contributed by atoms with Crippen LogP contribution in [0.1, 0.15) is 32.1 Å². The number of nitrogens with zero attached hydrogens (tertiary/aromatic N) is 4. The zero-order valence-corrected chi connectivity index (χ0v) is 14.4. The number of ether oxygens (including phenoxy) is 1. The van der Waals surface area contributed by atoms with Gasteiger partial charge in [0, 0.05) is 19.8 Å². The summed E-state index contributed by atoms with van der Waals surface area (Å²) in [5.41, 5.74) is 0.723. The Morgan fingerprint density at radius 2 is 2.12 bits per heavy atom. The predicted molar refractivity (Wildman–Crippen MR) is 92.4 cm³/mol. The fourth-order valence-corrected chi connectivity index (χ4v) is 3.30. The molecule has 25 heavy (non-hydrogen) atoms. The van der Waals surface area contributed by atoms with Gasteiger partial charge in [0.1, 0.15) is 6.10 Å². The van der Waals surface area contributed by atoms with Crippen LogP contribution < -0.4 is 15.4 Å².